The van der Waals surface area contributed by atoms with Gasteiger partial charge in [0.25, 0.3) is 5.91 Å². The lowest BCUT2D eigenvalue weighted by molar-refractivity contribution is -0.115. The summed E-state index contributed by atoms with van der Waals surface area (Å²) in [7, 11) is 0. The highest BCUT2D eigenvalue weighted by Crippen LogP contribution is 2.25. The van der Waals surface area contributed by atoms with Gasteiger partial charge in [-0.05, 0) is 30.7 Å². The molecule has 82 valence electrons. The fourth-order valence-electron chi connectivity index (χ4n) is 1.36. The molecule has 16 heavy (non-hydrogen) atoms. The lowest BCUT2D eigenvalue weighted by Gasteiger charge is -1.98. The van der Waals surface area contributed by atoms with Gasteiger partial charge in [-0.15, -0.1) is 0 Å². The molecule has 1 heterocycles. The number of benzene rings is 1. The molecule has 0 aromatic heterocycles. The van der Waals surface area contributed by atoms with Crippen LogP contribution in [0.4, 0.5) is 0 Å². The number of aromatic hydroxyl groups is 1. The molecule has 0 fully saturated rings. The molecule has 4 nitrogen and oxygen atoms in total. The van der Waals surface area contributed by atoms with Gasteiger partial charge >= 0.3 is 0 Å². The summed E-state index contributed by atoms with van der Waals surface area (Å²) < 4.78 is 0. The van der Waals surface area contributed by atoms with Crippen LogP contribution in [0, 0.1) is 0 Å². The highest BCUT2D eigenvalue weighted by atomic mass is 35.5. The van der Waals surface area contributed by atoms with Crippen molar-refractivity contribution in [2.75, 3.05) is 0 Å². The molecule has 0 bridgehead atoms. The predicted octanol–water partition coefficient (Wildman–Crippen LogP) is 1.93. The number of phenolic OH excluding ortho intramolecular Hbond substituents is 1. The maximum Gasteiger partial charge on any atom is 0.275 e. The number of amides is 1. The quantitative estimate of drug-likeness (QED) is 0.732. The molecule has 0 unspecified atom stereocenters. The Kier molecular flexibility index (Phi) is 2.66. The second-order valence-corrected chi connectivity index (χ2v) is 3.80. The number of rotatable bonds is 1. The first-order valence-electron chi connectivity index (χ1n) is 4.63. The molecule has 1 aromatic carbocycles. The third-order valence-electron chi connectivity index (χ3n) is 2.09. The number of halogens is 1. The lowest BCUT2D eigenvalue weighted by atomic mass is 10.2. The Hall–Kier alpha value is -1.81. The second-order valence-electron chi connectivity index (χ2n) is 3.39. The zero-order valence-electron chi connectivity index (χ0n) is 8.49. The molecule has 0 spiro atoms. The molecule has 1 amide bonds. The number of nitrogens with one attached hydrogen (secondary N) is 1. The Bertz CT molecular complexity index is 521. The molecule has 1 aliphatic heterocycles. The molecular formula is C11H9ClN2O2. The van der Waals surface area contributed by atoms with Crippen molar-refractivity contribution in [2.45, 2.75) is 6.92 Å². The van der Waals surface area contributed by atoms with Crippen molar-refractivity contribution in [3.05, 3.63) is 34.5 Å². The first-order chi connectivity index (χ1) is 7.56. The average molecular weight is 237 g/mol. The Labute approximate surface area is 97.3 Å². The third-order valence-corrected chi connectivity index (χ3v) is 2.39. The fourth-order valence-corrected chi connectivity index (χ4v) is 1.55. The normalized spacial score (nSPS) is 17.5. The van der Waals surface area contributed by atoms with Crippen molar-refractivity contribution in [3.63, 3.8) is 0 Å². The van der Waals surface area contributed by atoms with Crippen LogP contribution in [0.3, 0.4) is 0 Å². The molecule has 0 atom stereocenters. The van der Waals surface area contributed by atoms with E-state index in [0.717, 1.165) is 0 Å². The third kappa shape index (κ3) is 2.06. The van der Waals surface area contributed by atoms with E-state index in [1.165, 1.54) is 6.07 Å². The number of carbonyl (C=O) groups is 1. The van der Waals surface area contributed by atoms with Gasteiger partial charge < -0.3 is 10.4 Å². The Balaban J connectivity index is 2.36. The van der Waals surface area contributed by atoms with Crippen LogP contribution in [0.1, 0.15) is 12.5 Å². The first kappa shape index (κ1) is 10.7. The lowest BCUT2D eigenvalue weighted by Crippen LogP contribution is -2.21. The van der Waals surface area contributed by atoms with Crippen LogP contribution in [0.5, 0.6) is 5.75 Å². The second kappa shape index (κ2) is 3.98. The van der Waals surface area contributed by atoms with Gasteiger partial charge in [0, 0.05) is 0 Å². The molecule has 5 heteroatoms. The summed E-state index contributed by atoms with van der Waals surface area (Å²) in [5.41, 5.74) is 1.05. The maximum absolute atomic E-state index is 11.4. The van der Waals surface area contributed by atoms with Gasteiger partial charge in [0.1, 0.15) is 17.3 Å². The molecular weight excluding hydrogens is 228 g/mol. The van der Waals surface area contributed by atoms with Crippen LogP contribution in [-0.4, -0.2) is 16.8 Å². The minimum Gasteiger partial charge on any atom is -0.506 e. The van der Waals surface area contributed by atoms with Gasteiger partial charge in [-0.25, -0.2) is 4.99 Å². The van der Waals surface area contributed by atoms with Gasteiger partial charge in [0.2, 0.25) is 0 Å². The summed E-state index contributed by atoms with van der Waals surface area (Å²) in [6, 6.07) is 4.70. The van der Waals surface area contributed by atoms with E-state index < -0.39 is 0 Å². The van der Waals surface area contributed by atoms with Crippen molar-refractivity contribution in [1.29, 1.82) is 0 Å². The number of amidine groups is 1. The Morgan fingerprint density at radius 1 is 1.50 bits per heavy atom. The molecule has 2 rings (SSSR count). The van der Waals surface area contributed by atoms with E-state index in [2.05, 4.69) is 10.3 Å². The number of hydrogen-bond acceptors (Lipinski definition) is 3. The molecule has 0 aliphatic carbocycles. The zero-order chi connectivity index (χ0) is 11.7. The maximum atomic E-state index is 11.4. The zero-order valence-corrected chi connectivity index (χ0v) is 9.25. The molecule has 1 aliphatic rings. The molecule has 0 saturated carbocycles. The van der Waals surface area contributed by atoms with E-state index in [1.54, 1.807) is 25.1 Å². The first-order valence-corrected chi connectivity index (χ1v) is 5.01. The van der Waals surface area contributed by atoms with Crippen LogP contribution in [0.15, 0.2) is 28.9 Å². The summed E-state index contributed by atoms with van der Waals surface area (Å²) >= 11 is 5.75. The van der Waals surface area contributed by atoms with E-state index in [-0.39, 0.29) is 16.7 Å². The van der Waals surface area contributed by atoms with E-state index in [1.807, 2.05) is 0 Å². The molecule has 0 saturated heterocycles. The van der Waals surface area contributed by atoms with Crippen LogP contribution in [0.2, 0.25) is 5.02 Å². The topological polar surface area (TPSA) is 61.7 Å². The summed E-state index contributed by atoms with van der Waals surface area (Å²) in [6.07, 6.45) is 1.61. The minimum absolute atomic E-state index is 0.0133. The van der Waals surface area contributed by atoms with E-state index in [9.17, 15) is 9.90 Å². The van der Waals surface area contributed by atoms with Crippen LogP contribution < -0.4 is 5.32 Å². The predicted molar refractivity (Wildman–Crippen MR) is 62.3 cm³/mol. The SMILES string of the molecule is CC1=N/C(=C\c2ccc(O)c(Cl)c2)C(=O)N1. The molecule has 2 N–H and O–H groups in total. The molecule has 0 radical (unpaired) electrons. The minimum atomic E-state index is -0.235. The smallest absolute Gasteiger partial charge is 0.275 e. The fraction of sp³-hybridized carbons (Fsp3) is 0.0909. The van der Waals surface area contributed by atoms with Gasteiger partial charge in [0.05, 0.1) is 5.02 Å². The number of carbonyl (C=O) groups excluding carboxylic acids is 1. The standard InChI is InChI=1S/C11H9ClN2O2/c1-6-13-9(11(16)14-6)5-7-2-3-10(15)8(12)4-7/h2-5,15H,1H3,(H,13,14,16)/b9-5-. The van der Waals surface area contributed by atoms with Crippen molar-refractivity contribution in [1.82, 2.24) is 5.32 Å². The van der Waals surface area contributed by atoms with E-state index in [0.29, 0.717) is 17.1 Å². The van der Waals surface area contributed by atoms with Gasteiger partial charge in [-0.3, -0.25) is 4.79 Å². The van der Waals surface area contributed by atoms with Gasteiger partial charge in [0.15, 0.2) is 0 Å². The largest absolute Gasteiger partial charge is 0.506 e. The summed E-state index contributed by atoms with van der Waals surface area (Å²) in [6.45, 7) is 1.71. The van der Waals surface area contributed by atoms with Crippen LogP contribution >= 0.6 is 11.6 Å². The van der Waals surface area contributed by atoms with Crippen LogP contribution in [0.25, 0.3) is 6.08 Å². The monoisotopic (exact) mass is 236 g/mol. The number of nitrogens with zero attached hydrogens (tertiary/aromatic N) is 1. The Morgan fingerprint density at radius 3 is 2.81 bits per heavy atom. The van der Waals surface area contributed by atoms with Gasteiger partial charge in [-0.1, -0.05) is 17.7 Å². The summed E-state index contributed by atoms with van der Waals surface area (Å²) in [4.78, 5) is 15.4. The van der Waals surface area contributed by atoms with E-state index >= 15 is 0 Å². The number of aliphatic imine (C=N–C) groups is 1. The Morgan fingerprint density at radius 2 is 2.25 bits per heavy atom. The highest BCUT2D eigenvalue weighted by Gasteiger charge is 2.16. The van der Waals surface area contributed by atoms with E-state index in [4.69, 9.17) is 11.6 Å². The highest BCUT2D eigenvalue weighted by molar-refractivity contribution is 6.32. The van der Waals surface area contributed by atoms with Crippen molar-refractivity contribution in [2.24, 2.45) is 4.99 Å². The summed E-state index contributed by atoms with van der Waals surface area (Å²) in [5, 5.41) is 12.1. The summed E-state index contributed by atoms with van der Waals surface area (Å²) in [5.74, 6) is 0.349. The number of hydrogen-bond donors (Lipinski definition) is 2. The van der Waals surface area contributed by atoms with Crippen molar-refractivity contribution < 1.29 is 9.90 Å². The number of phenols is 1. The molecule has 1 aromatic rings. The van der Waals surface area contributed by atoms with Crippen LogP contribution in [-0.2, 0) is 4.79 Å². The van der Waals surface area contributed by atoms with Gasteiger partial charge in [-0.2, -0.15) is 0 Å². The van der Waals surface area contributed by atoms with Crippen molar-refractivity contribution in [3.8, 4) is 5.75 Å². The average Bonchev–Trinajstić information content (AvgIpc) is 2.51. The van der Waals surface area contributed by atoms with Crippen molar-refractivity contribution >= 4 is 29.4 Å².